The van der Waals surface area contributed by atoms with Gasteiger partial charge in [-0.1, -0.05) is 29.8 Å². The molecule has 100 valence electrons. The minimum absolute atomic E-state index is 0.163. The topological polar surface area (TPSA) is 67.4 Å². The highest BCUT2D eigenvalue weighted by Gasteiger charge is 2.30. The van der Waals surface area contributed by atoms with Crippen molar-refractivity contribution in [1.82, 2.24) is 10.6 Å². The molecule has 0 aromatic heterocycles. The first kappa shape index (κ1) is 13.1. The first-order valence-electron chi connectivity index (χ1n) is 5.96. The number of rotatable bonds is 2. The lowest BCUT2D eigenvalue weighted by Gasteiger charge is -2.27. The molecule has 0 saturated heterocycles. The Labute approximate surface area is 111 Å². The summed E-state index contributed by atoms with van der Waals surface area (Å²) in [5.74, 6) is -0.824. The Kier molecular flexibility index (Phi) is 3.55. The second-order valence-electron chi connectivity index (χ2n) is 4.47. The maximum atomic E-state index is 12.0. The van der Waals surface area contributed by atoms with Crippen LogP contribution in [0.2, 0.25) is 0 Å². The lowest BCUT2D eigenvalue weighted by molar-refractivity contribution is -0.138. The summed E-state index contributed by atoms with van der Waals surface area (Å²) >= 11 is 0. The Morgan fingerprint density at radius 1 is 1.21 bits per heavy atom. The Morgan fingerprint density at radius 2 is 1.84 bits per heavy atom. The van der Waals surface area contributed by atoms with E-state index in [1.165, 1.54) is 7.11 Å². The third-order valence-corrected chi connectivity index (χ3v) is 3.05. The van der Waals surface area contributed by atoms with Gasteiger partial charge >= 0.3 is 5.97 Å². The highest BCUT2D eigenvalue weighted by molar-refractivity contribution is 5.97. The molecule has 1 aliphatic rings. The van der Waals surface area contributed by atoms with E-state index in [1.807, 2.05) is 31.2 Å². The molecule has 0 spiro atoms. The van der Waals surface area contributed by atoms with Crippen molar-refractivity contribution in [2.24, 2.45) is 0 Å². The van der Waals surface area contributed by atoms with E-state index in [9.17, 15) is 9.59 Å². The van der Waals surface area contributed by atoms with Crippen molar-refractivity contribution in [3.05, 3.63) is 46.8 Å². The quantitative estimate of drug-likeness (QED) is 0.783. The van der Waals surface area contributed by atoms with E-state index in [1.54, 1.807) is 6.92 Å². The molecule has 5 nitrogen and oxygen atoms in total. The number of hydrogen-bond donors (Lipinski definition) is 2. The molecule has 0 aliphatic carbocycles. The van der Waals surface area contributed by atoms with E-state index in [0.717, 1.165) is 11.1 Å². The molecule has 1 heterocycles. The van der Waals surface area contributed by atoms with Gasteiger partial charge in [-0.2, -0.15) is 0 Å². The summed E-state index contributed by atoms with van der Waals surface area (Å²) in [5, 5.41) is 5.62. The number of carbonyl (C=O) groups excluding carboxylic acids is 2. The van der Waals surface area contributed by atoms with Crippen molar-refractivity contribution in [3.63, 3.8) is 0 Å². The van der Waals surface area contributed by atoms with Crippen molar-refractivity contribution in [2.75, 3.05) is 7.11 Å². The highest BCUT2D eigenvalue weighted by atomic mass is 16.5. The second-order valence-corrected chi connectivity index (χ2v) is 4.47. The number of amides is 1. The molecule has 0 bridgehead atoms. The fourth-order valence-electron chi connectivity index (χ4n) is 1.94. The number of methoxy groups -OCH3 is 1. The summed E-state index contributed by atoms with van der Waals surface area (Å²) < 4.78 is 4.61. The molecule has 1 aromatic carbocycles. The summed E-state index contributed by atoms with van der Waals surface area (Å²) in [6, 6.07) is 7.18. The number of carbonyl (C=O) groups is 2. The van der Waals surface area contributed by atoms with Gasteiger partial charge in [-0.25, -0.2) is 4.79 Å². The number of nitrogens with one attached hydrogen (secondary N) is 2. The smallest absolute Gasteiger partial charge is 0.356 e. The van der Waals surface area contributed by atoms with Crippen molar-refractivity contribution < 1.29 is 14.3 Å². The molecule has 1 unspecified atom stereocenters. The molecule has 1 aromatic rings. The number of benzene rings is 1. The molecule has 0 fully saturated rings. The summed E-state index contributed by atoms with van der Waals surface area (Å²) in [5.41, 5.74) is 2.74. The van der Waals surface area contributed by atoms with Crippen LogP contribution in [0.4, 0.5) is 0 Å². The van der Waals surface area contributed by atoms with E-state index in [2.05, 4.69) is 15.4 Å². The number of ether oxygens (including phenoxy) is 1. The van der Waals surface area contributed by atoms with Gasteiger partial charge in [0.1, 0.15) is 11.7 Å². The highest BCUT2D eigenvalue weighted by Crippen LogP contribution is 2.20. The van der Waals surface area contributed by atoms with Gasteiger partial charge < -0.3 is 15.4 Å². The fraction of sp³-hybridized carbons (Fsp3) is 0.286. The van der Waals surface area contributed by atoms with Gasteiger partial charge in [0, 0.05) is 5.70 Å². The van der Waals surface area contributed by atoms with E-state index in [4.69, 9.17) is 0 Å². The number of allylic oxidation sites excluding steroid dienone is 1. The predicted molar refractivity (Wildman–Crippen MR) is 69.9 cm³/mol. The summed E-state index contributed by atoms with van der Waals surface area (Å²) in [6.07, 6.45) is 0. The van der Waals surface area contributed by atoms with Crippen LogP contribution in [0.3, 0.4) is 0 Å². The number of aryl methyl sites for hydroxylation is 1. The average molecular weight is 260 g/mol. The van der Waals surface area contributed by atoms with Gasteiger partial charge in [0.2, 0.25) is 0 Å². The molecule has 1 amide bonds. The van der Waals surface area contributed by atoms with Gasteiger partial charge in [0.05, 0.1) is 7.11 Å². The largest absolute Gasteiger partial charge is 0.464 e. The average Bonchev–Trinajstić information content (AvgIpc) is 2.41. The predicted octanol–water partition coefficient (Wildman–Crippen LogP) is 1.16. The zero-order chi connectivity index (χ0) is 14.0. The summed E-state index contributed by atoms with van der Waals surface area (Å²) in [7, 11) is 1.28. The lowest BCUT2D eigenvalue weighted by atomic mass is 10.0. The van der Waals surface area contributed by atoms with Crippen LogP contribution in [-0.2, 0) is 14.3 Å². The molecule has 1 atom stereocenters. The minimum Gasteiger partial charge on any atom is -0.464 e. The first-order valence-corrected chi connectivity index (χ1v) is 5.96. The van der Waals surface area contributed by atoms with Crippen LogP contribution in [0.5, 0.6) is 0 Å². The van der Waals surface area contributed by atoms with Crippen LogP contribution in [-0.4, -0.2) is 19.0 Å². The van der Waals surface area contributed by atoms with Crippen LogP contribution < -0.4 is 10.6 Å². The maximum absolute atomic E-state index is 12.0. The fourth-order valence-corrected chi connectivity index (χ4v) is 1.94. The van der Waals surface area contributed by atoms with E-state index in [-0.39, 0.29) is 11.6 Å². The third kappa shape index (κ3) is 2.59. The van der Waals surface area contributed by atoms with Crippen LogP contribution in [0.15, 0.2) is 35.7 Å². The van der Waals surface area contributed by atoms with Crippen LogP contribution in [0, 0.1) is 6.92 Å². The van der Waals surface area contributed by atoms with E-state index >= 15 is 0 Å². The molecular weight excluding hydrogens is 244 g/mol. The summed E-state index contributed by atoms with van der Waals surface area (Å²) in [6.45, 7) is 3.71. The SMILES string of the molecule is COC(=O)C1=C(C)NC(c2ccc(C)cc2)C(=O)N1. The molecule has 19 heavy (non-hydrogen) atoms. The number of esters is 1. The minimum atomic E-state index is -0.555. The van der Waals surface area contributed by atoms with E-state index in [0.29, 0.717) is 5.70 Å². The standard InChI is InChI=1S/C14H16N2O3/c1-8-4-6-10(7-5-8)12-13(17)16-11(9(2)15-12)14(18)19-3/h4-7,12,15H,1-3H3,(H,16,17). The first-order chi connectivity index (χ1) is 9.02. The zero-order valence-corrected chi connectivity index (χ0v) is 11.1. The second kappa shape index (κ2) is 5.14. The van der Waals surface area contributed by atoms with Crippen molar-refractivity contribution in [1.29, 1.82) is 0 Å². The zero-order valence-electron chi connectivity index (χ0n) is 11.1. The maximum Gasteiger partial charge on any atom is 0.356 e. The molecule has 0 saturated carbocycles. The van der Waals surface area contributed by atoms with Crippen molar-refractivity contribution in [2.45, 2.75) is 19.9 Å². The van der Waals surface area contributed by atoms with Crippen LogP contribution in [0.25, 0.3) is 0 Å². The Balaban J connectivity index is 2.28. The molecule has 1 aliphatic heterocycles. The summed E-state index contributed by atoms with van der Waals surface area (Å²) in [4.78, 5) is 23.5. The van der Waals surface area contributed by atoms with Crippen molar-refractivity contribution in [3.8, 4) is 0 Å². The Hall–Kier alpha value is -2.30. The van der Waals surface area contributed by atoms with Crippen LogP contribution >= 0.6 is 0 Å². The van der Waals surface area contributed by atoms with Gasteiger partial charge in [0.15, 0.2) is 0 Å². The van der Waals surface area contributed by atoms with Gasteiger partial charge in [-0.3, -0.25) is 4.79 Å². The Morgan fingerprint density at radius 3 is 2.42 bits per heavy atom. The monoisotopic (exact) mass is 260 g/mol. The van der Waals surface area contributed by atoms with Crippen molar-refractivity contribution >= 4 is 11.9 Å². The van der Waals surface area contributed by atoms with Crippen LogP contribution in [0.1, 0.15) is 24.1 Å². The number of hydrogen-bond acceptors (Lipinski definition) is 4. The lowest BCUT2D eigenvalue weighted by Crippen LogP contribution is -2.45. The molecule has 0 radical (unpaired) electrons. The molecular formula is C14H16N2O3. The molecule has 2 N–H and O–H groups in total. The van der Waals surface area contributed by atoms with Gasteiger partial charge in [-0.15, -0.1) is 0 Å². The normalized spacial score (nSPS) is 18.7. The molecule has 2 rings (SSSR count). The Bertz CT molecular complexity index is 546. The third-order valence-electron chi connectivity index (χ3n) is 3.05. The van der Waals surface area contributed by atoms with Gasteiger partial charge in [0.25, 0.3) is 5.91 Å². The molecule has 5 heteroatoms. The van der Waals surface area contributed by atoms with Gasteiger partial charge in [-0.05, 0) is 19.4 Å². The van der Waals surface area contributed by atoms with E-state index < -0.39 is 12.0 Å².